The van der Waals surface area contributed by atoms with E-state index in [0.717, 1.165) is 5.69 Å². The van der Waals surface area contributed by atoms with Crippen LogP contribution in [0.4, 0.5) is 4.39 Å². The maximum Gasteiger partial charge on any atom is 0.164 e. The lowest BCUT2D eigenvalue weighted by molar-refractivity contribution is 0.626. The third-order valence-corrected chi connectivity index (χ3v) is 3.40. The minimum absolute atomic E-state index is 0.198. The summed E-state index contributed by atoms with van der Waals surface area (Å²) in [6.45, 7) is 1.88. The first-order chi connectivity index (χ1) is 9.58. The topological polar surface area (TPSA) is 30.7 Å². The Balaban J connectivity index is 2.35. The molecule has 3 nitrogen and oxygen atoms in total. The summed E-state index contributed by atoms with van der Waals surface area (Å²) in [6.07, 6.45) is 0. The molecule has 0 radical (unpaired) electrons. The van der Waals surface area contributed by atoms with Crippen LogP contribution in [0.25, 0.3) is 16.9 Å². The van der Waals surface area contributed by atoms with Gasteiger partial charge in [-0.25, -0.2) is 14.4 Å². The number of benzene rings is 1. The second-order valence-electron chi connectivity index (χ2n) is 4.42. The lowest BCUT2D eigenvalue weighted by Crippen LogP contribution is -2.01. The van der Waals surface area contributed by atoms with E-state index < -0.39 is 5.82 Å². The van der Waals surface area contributed by atoms with E-state index in [1.54, 1.807) is 10.6 Å². The molecule has 3 rings (SSSR count). The molecule has 1 aromatic carbocycles. The van der Waals surface area contributed by atoms with Crippen molar-refractivity contribution in [3.63, 3.8) is 0 Å². The first-order valence-corrected chi connectivity index (χ1v) is 6.87. The lowest BCUT2D eigenvalue weighted by atomic mass is 10.3. The highest BCUT2D eigenvalue weighted by molar-refractivity contribution is 6.30. The smallest absolute Gasteiger partial charge is 0.164 e. The molecule has 0 bridgehead atoms. The van der Waals surface area contributed by atoms with Gasteiger partial charge in [0, 0.05) is 10.7 Å². The molecule has 0 saturated heterocycles. The summed E-state index contributed by atoms with van der Waals surface area (Å²) < 4.78 is 15.3. The maximum absolute atomic E-state index is 13.6. The molecule has 0 spiro atoms. The number of aromatic nitrogens is 3. The van der Waals surface area contributed by atoms with Crippen LogP contribution in [0.3, 0.4) is 0 Å². The van der Waals surface area contributed by atoms with Crippen LogP contribution in [0.2, 0.25) is 5.02 Å². The van der Waals surface area contributed by atoms with Gasteiger partial charge in [0.2, 0.25) is 0 Å². The van der Waals surface area contributed by atoms with E-state index in [1.807, 2.05) is 19.1 Å². The molecule has 0 N–H and O–H groups in total. The third-order valence-electron chi connectivity index (χ3n) is 2.94. The van der Waals surface area contributed by atoms with E-state index in [1.165, 1.54) is 12.1 Å². The average Bonchev–Trinajstić information content (AvgIpc) is 2.75. The van der Waals surface area contributed by atoms with Crippen LogP contribution < -0.4 is 0 Å². The number of nitrogens with zero attached hydrogens (tertiary/aromatic N) is 3. The Kier molecular flexibility index (Phi) is 3.36. The number of pyridine rings is 1. The zero-order chi connectivity index (χ0) is 14.3. The van der Waals surface area contributed by atoms with E-state index in [-0.39, 0.29) is 5.88 Å². The summed E-state index contributed by atoms with van der Waals surface area (Å²) in [4.78, 5) is 8.87. The molecule has 0 aliphatic heterocycles. The molecule has 20 heavy (non-hydrogen) atoms. The van der Waals surface area contributed by atoms with Gasteiger partial charge in [-0.1, -0.05) is 11.6 Å². The van der Waals surface area contributed by atoms with Crippen molar-refractivity contribution in [2.75, 3.05) is 0 Å². The van der Waals surface area contributed by atoms with Crippen molar-refractivity contribution in [3.05, 3.63) is 52.7 Å². The van der Waals surface area contributed by atoms with Gasteiger partial charge in [0.05, 0.1) is 11.6 Å². The minimum atomic E-state index is -0.414. The van der Waals surface area contributed by atoms with E-state index >= 15 is 0 Å². The Morgan fingerprint density at radius 3 is 2.70 bits per heavy atom. The summed E-state index contributed by atoms with van der Waals surface area (Å²) in [6, 6.07) is 8.03. The molecule has 2 aromatic heterocycles. The number of halogens is 3. The highest BCUT2D eigenvalue weighted by atomic mass is 35.5. The monoisotopic (exact) mass is 309 g/mol. The van der Waals surface area contributed by atoms with Gasteiger partial charge in [-0.3, -0.25) is 4.57 Å². The molecule has 6 heteroatoms. The summed E-state index contributed by atoms with van der Waals surface area (Å²) in [5.74, 6) is 0.382. The molecule has 0 aliphatic carbocycles. The number of hydrogen-bond acceptors (Lipinski definition) is 2. The molecular weight excluding hydrogens is 300 g/mol. The molecule has 102 valence electrons. The maximum atomic E-state index is 13.6. The number of hydrogen-bond donors (Lipinski definition) is 0. The zero-order valence-electron chi connectivity index (χ0n) is 10.6. The first-order valence-electron chi connectivity index (χ1n) is 5.96. The summed E-state index contributed by atoms with van der Waals surface area (Å²) in [5.41, 5.74) is 2.77. The van der Waals surface area contributed by atoms with Crippen LogP contribution in [-0.2, 0) is 5.88 Å². The van der Waals surface area contributed by atoms with E-state index in [4.69, 9.17) is 23.2 Å². The fourth-order valence-corrected chi connectivity index (χ4v) is 2.52. The minimum Gasteiger partial charge on any atom is -0.280 e. The highest BCUT2D eigenvalue weighted by Gasteiger charge is 2.14. The van der Waals surface area contributed by atoms with Crippen LogP contribution in [0, 0.1) is 12.7 Å². The Labute approximate surface area is 125 Å². The molecule has 2 heterocycles. The third kappa shape index (κ3) is 2.25. The predicted molar refractivity (Wildman–Crippen MR) is 78.1 cm³/mol. The lowest BCUT2D eigenvalue weighted by Gasteiger charge is -2.08. The van der Waals surface area contributed by atoms with Gasteiger partial charge in [-0.15, -0.1) is 11.6 Å². The number of rotatable bonds is 2. The average molecular weight is 310 g/mol. The molecular formula is C14H10Cl2FN3. The molecule has 3 aromatic rings. The molecule has 0 unspecified atom stereocenters. The number of aryl methyl sites for hydroxylation is 1. The first kappa shape index (κ1) is 13.3. The highest BCUT2D eigenvalue weighted by Crippen LogP contribution is 2.24. The van der Waals surface area contributed by atoms with Crippen molar-refractivity contribution in [3.8, 4) is 5.69 Å². The van der Waals surface area contributed by atoms with Crippen LogP contribution in [0.5, 0.6) is 0 Å². The summed E-state index contributed by atoms with van der Waals surface area (Å²) in [5, 5.41) is 0.315. The Morgan fingerprint density at radius 2 is 2.00 bits per heavy atom. The number of alkyl halides is 1. The fraction of sp³-hybridized carbons (Fsp3) is 0.143. The molecule has 0 fully saturated rings. The van der Waals surface area contributed by atoms with Gasteiger partial charge >= 0.3 is 0 Å². The van der Waals surface area contributed by atoms with Crippen molar-refractivity contribution in [1.82, 2.24) is 14.5 Å². The van der Waals surface area contributed by atoms with Crippen molar-refractivity contribution in [1.29, 1.82) is 0 Å². The largest absolute Gasteiger partial charge is 0.280 e. The zero-order valence-corrected chi connectivity index (χ0v) is 12.1. The van der Waals surface area contributed by atoms with Gasteiger partial charge in [-0.2, -0.15) is 0 Å². The second-order valence-corrected chi connectivity index (χ2v) is 5.12. The van der Waals surface area contributed by atoms with E-state index in [0.29, 0.717) is 27.7 Å². The Hall–Kier alpha value is -1.65. The fourth-order valence-electron chi connectivity index (χ4n) is 2.13. The molecule has 0 amide bonds. The van der Waals surface area contributed by atoms with Crippen LogP contribution in [-0.4, -0.2) is 14.5 Å². The molecule has 0 aliphatic rings. The van der Waals surface area contributed by atoms with Gasteiger partial charge in [0.15, 0.2) is 5.65 Å². The number of imidazole rings is 1. The Morgan fingerprint density at radius 1 is 1.20 bits per heavy atom. The molecule has 0 saturated carbocycles. The quantitative estimate of drug-likeness (QED) is 0.662. The number of fused-ring (bicyclic) bond motifs is 1. The predicted octanol–water partition coefficient (Wildman–Crippen LogP) is 4.26. The van der Waals surface area contributed by atoms with Gasteiger partial charge < -0.3 is 0 Å². The van der Waals surface area contributed by atoms with Crippen molar-refractivity contribution in [2.45, 2.75) is 12.8 Å². The normalized spacial score (nSPS) is 11.2. The summed E-state index contributed by atoms with van der Waals surface area (Å²) in [7, 11) is 0. The van der Waals surface area contributed by atoms with E-state index in [9.17, 15) is 4.39 Å². The van der Waals surface area contributed by atoms with Crippen molar-refractivity contribution in [2.24, 2.45) is 0 Å². The molecule has 0 atom stereocenters. The van der Waals surface area contributed by atoms with Crippen molar-refractivity contribution < 1.29 is 4.39 Å². The van der Waals surface area contributed by atoms with Crippen molar-refractivity contribution >= 4 is 34.4 Å². The second kappa shape index (κ2) is 5.04. The van der Waals surface area contributed by atoms with Crippen LogP contribution in [0.15, 0.2) is 30.3 Å². The van der Waals surface area contributed by atoms with E-state index in [2.05, 4.69) is 9.97 Å². The SMILES string of the molecule is Cc1ccc2nc(CCl)n(-c3cc(F)cc(Cl)c3)c2n1. The summed E-state index contributed by atoms with van der Waals surface area (Å²) >= 11 is 11.9. The van der Waals surface area contributed by atoms with Gasteiger partial charge in [-0.05, 0) is 37.3 Å². The van der Waals surface area contributed by atoms with Gasteiger partial charge in [0.1, 0.15) is 17.2 Å². The Bertz CT molecular complexity index is 778. The van der Waals surface area contributed by atoms with Crippen LogP contribution in [0.1, 0.15) is 11.5 Å². The van der Waals surface area contributed by atoms with Gasteiger partial charge in [0.25, 0.3) is 0 Å². The standard InChI is InChI=1S/C14H10Cl2FN3/c1-8-2-3-12-14(18-8)20(13(7-15)19-12)11-5-9(16)4-10(17)6-11/h2-6H,7H2,1H3. The van der Waals surface area contributed by atoms with Crippen LogP contribution >= 0.6 is 23.2 Å².